The first-order valence-electron chi connectivity index (χ1n) is 27.3. The molecule has 0 radical (unpaired) electrons. The van der Waals surface area contributed by atoms with Crippen molar-refractivity contribution in [1.82, 2.24) is 0 Å². The average molecular weight is 1030 g/mol. The largest absolute Gasteiger partial charge is 0.457 e. The second-order valence-electron chi connectivity index (χ2n) is 21.8. The molecule has 11 aromatic carbocycles. The van der Waals surface area contributed by atoms with E-state index in [9.17, 15) is 20.4 Å². The minimum atomic E-state index is -1.51. The maximum Gasteiger partial charge on any atom is 0.142 e. The highest BCUT2D eigenvalue weighted by molar-refractivity contribution is 5.97. The molecule has 4 N–H and O–H groups in total. The summed E-state index contributed by atoms with van der Waals surface area (Å²) in [6.07, 6.45) is 8.87. The molecule has 5 aliphatic carbocycles. The van der Waals surface area contributed by atoms with Crippen molar-refractivity contribution in [1.29, 1.82) is 0 Å². The molecule has 0 saturated carbocycles. The molecule has 380 valence electrons. The molecule has 5 nitrogen and oxygen atoms in total. The molecule has 5 heteroatoms. The summed E-state index contributed by atoms with van der Waals surface area (Å²) >= 11 is 0. The van der Waals surface area contributed by atoms with Crippen molar-refractivity contribution in [2.24, 2.45) is 0 Å². The number of rotatable bonds is 7. The van der Waals surface area contributed by atoms with Crippen molar-refractivity contribution in [2.75, 3.05) is 0 Å². The molecule has 0 aliphatic heterocycles. The first-order chi connectivity index (χ1) is 39.2. The van der Waals surface area contributed by atoms with Crippen LogP contribution in [0.5, 0.6) is 11.5 Å². The van der Waals surface area contributed by atoms with Crippen LogP contribution in [0.3, 0.4) is 0 Å². The fourth-order valence-corrected chi connectivity index (χ4v) is 14.3. The quantitative estimate of drug-likeness (QED) is 0.128. The van der Waals surface area contributed by atoms with E-state index in [1.165, 1.54) is 0 Å². The van der Waals surface area contributed by atoms with Crippen LogP contribution < -0.4 is 4.74 Å². The second kappa shape index (κ2) is 17.0. The molecule has 2 atom stereocenters. The van der Waals surface area contributed by atoms with Crippen LogP contribution in [0.1, 0.15) is 73.2 Å². The van der Waals surface area contributed by atoms with Crippen LogP contribution in [-0.2, 0) is 22.4 Å². The van der Waals surface area contributed by atoms with Gasteiger partial charge in [-0.15, -0.1) is 0 Å². The standard InChI is InChI=1S/C75H50O5/c76-72(62-25-11-6-19-52(62)53-20-7-12-26-63(53)72)48-32-36-50(37-33-48)80-51-38-34-49(35-39-51)73(77)64-24-3-1-2-16-58(64)60-44-46(30-40-70(60)73)47-31-41-71-61(45-47)59-23-10-15-29-67(59)75(71,79)69-43-42-68(56-17-4-5-18-57(56)69)74(78)65-27-13-8-21-54(65)55-22-9-14-28-66(55)74/h1-15,17-45,76-79H,16H2. The maximum atomic E-state index is 13.6. The van der Waals surface area contributed by atoms with E-state index in [4.69, 9.17) is 4.74 Å². The van der Waals surface area contributed by atoms with E-state index >= 15 is 0 Å². The van der Waals surface area contributed by atoms with Gasteiger partial charge >= 0.3 is 0 Å². The molecule has 16 rings (SSSR count). The van der Waals surface area contributed by atoms with Gasteiger partial charge in [0.2, 0.25) is 0 Å². The molecule has 0 spiro atoms. The summed E-state index contributed by atoms with van der Waals surface area (Å²) in [5.41, 5.74) is 14.1. The second-order valence-corrected chi connectivity index (χ2v) is 21.8. The molecule has 0 bridgehead atoms. The van der Waals surface area contributed by atoms with Gasteiger partial charge in [0.25, 0.3) is 0 Å². The molecule has 2 unspecified atom stereocenters. The summed E-state index contributed by atoms with van der Waals surface area (Å²) in [6, 6.07) is 80.7. The van der Waals surface area contributed by atoms with Crippen molar-refractivity contribution >= 4 is 16.3 Å². The highest BCUT2D eigenvalue weighted by atomic mass is 16.5. The Hall–Kier alpha value is -9.46. The maximum absolute atomic E-state index is 13.6. The molecule has 5 aliphatic rings. The van der Waals surface area contributed by atoms with E-state index in [0.29, 0.717) is 17.9 Å². The molecular weight excluding hydrogens is 981 g/mol. The third kappa shape index (κ3) is 6.26. The number of aliphatic hydroxyl groups is 4. The van der Waals surface area contributed by atoms with Crippen LogP contribution in [0.15, 0.2) is 273 Å². The summed E-state index contributed by atoms with van der Waals surface area (Å²) in [7, 11) is 0. The van der Waals surface area contributed by atoms with Crippen LogP contribution in [0.2, 0.25) is 0 Å². The number of hydrogen-bond acceptors (Lipinski definition) is 5. The SMILES string of the molecule is OC1(c2ccc(Oc3ccc(C4(O)c5ccccc5-c5ccccc54)cc3)cc2)C2=C(CC=CC=C2)c2cc(-c3ccc4c(c3)-c3ccccc3C4(O)c3ccc(C4(O)c5ccccc5-c5ccccc54)c4ccccc34)ccc21. The predicted octanol–water partition coefficient (Wildman–Crippen LogP) is 15.6. The highest BCUT2D eigenvalue weighted by Crippen LogP contribution is 2.58. The van der Waals surface area contributed by atoms with Gasteiger partial charge in [0, 0.05) is 50.1 Å². The van der Waals surface area contributed by atoms with E-state index in [0.717, 1.165) is 133 Å². The number of allylic oxidation sites excluding steroid dienone is 4. The van der Waals surface area contributed by atoms with Gasteiger partial charge in [-0.2, -0.15) is 0 Å². The molecule has 0 heterocycles. The Balaban J connectivity index is 0.731. The fourth-order valence-electron chi connectivity index (χ4n) is 14.3. The molecule has 11 aromatic rings. The Morgan fingerprint density at radius 1 is 0.300 bits per heavy atom. The van der Waals surface area contributed by atoms with Gasteiger partial charge in [-0.1, -0.05) is 231 Å². The summed E-state index contributed by atoms with van der Waals surface area (Å²) in [4.78, 5) is 0. The molecule has 80 heavy (non-hydrogen) atoms. The van der Waals surface area contributed by atoms with Crippen molar-refractivity contribution < 1.29 is 25.2 Å². The van der Waals surface area contributed by atoms with Crippen LogP contribution >= 0.6 is 0 Å². The Bertz CT molecular complexity index is 4450. The third-order valence-corrected chi connectivity index (χ3v) is 18.0. The summed E-state index contributed by atoms with van der Waals surface area (Å²) in [5.74, 6) is 1.25. The lowest BCUT2D eigenvalue weighted by molar-refractivity contribution is 0.128. The predicted molar refractivity (Wildman–Crippen MR) is 317 cm³/mol. The monoisotopic (exact) mass is 1030 g/mol. The van der Waals surface area contributed by atoms with Crippen molar-refractivity contribution in [3.05, 3.63) is 339 Å². The first-order valence-corrected chi connectivity index (χ1v) is 27.3. The zero-order chi connectivity index (χ0) is 53.5. The lowest BCUT2D eigenvalue weighted by atomic mass is 9.77. The molecule has 0 amide bonds. The van der Waals surface area contributed by atoms with Crippen LogP contribution in [-0.4, -0.2) is 20.4 Å². The number of fused-ring (bicyclic) bond motifs is 12. The Morgan fingerprint density at radius 3 is 1.14 bits per heavy atom. The number of hydrogen-bond donors (Lipinski definition) is 4. The van der Waals surface area contributed by atoms with Gasteiger partial charge in [0.05, 0.1) is 0 Å². The van der Waals surface area contributed by atoms with Crippen LogP contribution in [0.4, 0.5) is 0 Å². The highest BCUT2D eigenvalue weighted by Gasteiger charge is 2.49. The van der Waals surface area contributed by atoms with Crippen molar-refractivity contribution in [2.45, 2.75) is 28.8 Å². The Kier molecular flexibility index (Phi) is 9.92. The Labute approximate surface area is 463 Å². The Morgan fingerprint density at radius 2 is 0.662 bits per heavy atom. The lowest BCUT2D eigenvalue weighted by Gasteiger charge is -2.32. The lowest BCUT2D eigenvalue weighted by Crippen LogP contribution is -2.29. The molecule has 0 saturated heterocycles. The summed E-state index contributed by atoms with van der Waals surface area (Å²) < 4.78 is 6.41. The fraction of sp³-hybridized carbons (Fsp3) is 0.0667. The van der Waals surface area contributed by atoms with E-state index in [-0.39, 0.29) is 0 Å². The zero-order valence-electron chi connectivity index (χ0n) is 43.3. The topological polar surface area (TPSA) is 90.2 Å². The molecule has 0 fully saturated rings. The first kappa shape index (κ1) is 46.6. The van der Waals surface area contributed by atoms with E-state index in [2.05, 4.69) is 84.9 Å². The van der Waals surface area contributed by atoms with Crippen molar-refractivity contribution in [3.8, 4) is 56.0 Å². The van der Waals surface area contributed by atoms with Gasteiger partial charge in [0.15, 0.2) is 0 Å². The van der Waals surface area contributed by atoms with E-state index in [1.807, 2.05) is 182 Å². The van der Waals surface area contributed by atoms with Gasteiger partial charge in [-0.05, 0) is 126 Å². The number of benzene rings is 11. The normalized spacial score (nSPS) is 18.9. The third-order valence-electron chi connectivity index (χ3n) is 18.0. The van der Waals surface area contributed by atoms with Crippen LogP contribution in [0, 0.1) is 0 Å². The van der Waals surface area contributed by atoms with Gasteiger partial charge in [-0.3, -0.25) is 0 Å². The summed E-state index contributed by atoms with van der Waals surface area (Å²) in [5, 5.41) is 54.0. The van der Waals surface area contributed by atoms with Crippen molar-refractivity contribution in [3.63, 3.8) is 0 Å². The minimum absolute atomic E-state index is 0.622. The van der Waals surface area contributed by atoms with Crippen LogP contribution in [0.25, 0.3) is 60.9 Å². The zero-order valence-corrected chi connectivity index (χ0v) is 43.3. The summed E-state index contributed by atoms with van der Waals surface area (Å²) in [6.45, 7) is 0. The average Bonchev–Trinajstić information content (AvgIpc) is 4.16. The van der Waals surface area contributed by atoms with Gasteiger partial charge in [-0.25, -0.2) is 0 Å². The van der Waals surface area contributed by atoms with E-state index < -0.39 is 22.4 Å². The van der Waals surface area contributed by atoms with E-state index in [1.54, 1.807) is 0 Å². The number of ether oxygens (including phenoxy) is 1. The van der Waals surface area contributed by atoms with Gasteiger partial charge < -0.3 is 25.2 Å². The minimum Gasteiger partial charge on any atom is -0.457 e. The smallest absolute Gasteiger partial charge is 0.142 e. The van der Waals surface area contributed by atoms with Gasteiger partial charge in [0.1, 0.15) is 33.9 Å². The molecule has 0 aromatic heterocycles. The molecular formula is C75H50O5.